The minimum absolute atomic E-state index is 0.189. The van der Waals surface area contributed by atoms with E-state index in [-0.39, 0.29) is 5.97 Å². The van der Waals surface area contributed by atoms with Gasteiger partial charge in [0.25, 0.3) is 0 Å². The molecule has 0 radical (unpaired) electrons. The van der Waals surface area contributed by atoms with Gasteiger partial charge in [-0.25, -0.2) is 0 Å². The van der Waals surface area contributed by atoms with E-state index >= 15 is 0 Å². The van der Waals surface area contributed by atoms with Crippen LogP contribution in [0.5, 0.6) is 0 Å². The standard InChI is InChI=1S/C5H9ClO2/c1-8-5(7)3-2-4-6/h2-4H2,1H3/i5-1. The molecule has 0 atom stereocenters. The van der Waals surface area contributed by atoms with E-state index in [9.17, 15) is 4.79 Å². The maximum Gasteiger partial charge on any atom is 0.305 e. The number of methoxy groups -OCH3 is 1. The number of carbonyl (C=O) groups excluding carboxylic acids is 1. The van der Waals surface area contributed by atoms with Gasteiger partial charge in [-0.2, -0.15) is 0 Å². The largest absolute Gasteiger partial charge is 0.469 e. The van der Waals surface area contributed by atoms with Crippen molar-refractivity contribution >= 4 is 17.6 Å². The topological polar surface area (TPSA) is 26.3 Å². The van der Waals surface area contributed by atoms with Crippen molar-refractivity contribution in [1.29, 1.82) is 0 Å². The first-order valence-corrected chi connectivity index (χ1v) is 2.97. The van der Waals surface area contributed by atoms with E-state index < -0.39 is 0 Å². The molecule has 2 nitrogen and oxygen atoms in total. The highest BCUT2D eigenvalue weighted by atomic mass is 35.5. The van der Waals surface area contributed by atoms with Gasteiger partial charge in [-0.1, -0.05) is 0 Å². The number of hydrogen-bond acceptors (Lipinski definition) is 2. The SMILES string of the molecule is CO[11C](=O)CCCCl. The third kappa shape index (κ3) is 3.93. The average molecular weight is 136 g/mol. The molecule has 0 aliphatic heterocycles. The third-order valence-electron chi connectivity index (χ3n) is 0.742. The van der Waals surface area contributed by atoms with Crippen molar-refractivity contribution in [3.63, 3.8) is 0 Å². The quantitative estimate of drug-likeness (QED) is 0.429. The summed E-state index contributed by atoms with van der Waals surface area (Å²) in [7, 11) is 1.37. The molecule has 0 aromatic carbocycles. The Hall–Kier alpha value is -0.240. The van der Waals surface area contributed by atoms with Gasteiger partial charge in [0.05, 0.1) is 7.11 Å². The summed E-state index contributed by atoms with van der Waals surface area (Å²) < 4.78 is 4.35. The van der Waals surface area contributed by atoms with Crippen LogP contribution in [0, 0.1) is 0 Å². The van der Waals surface area contributed by atoms with Gasteiger partial charge in [0, 0.05) is 12.3 Å². The highest BCUT2D eigenvalue weighted by molar-refractivity contribution is 6.17. The lowest BCUT2D eigenvalue weighted by Gasteiger charge is -1.93. The summed E-state index contributed by atoms with van der Waals surface area (Å²) in [5.41, 5.74) is 0. The smallest absolute Gasteiger partial charge is 0.305 e. The second-order valence-corrected chi connectivity index (χ2v) is 1.75. The maximum atomic E-state index is 10.3. The highest BCUT2D eigenvalue weighted by Gasteiger charge is 1.95. The Bertz CT molecular complexity index is 72.8. The fourth-order valence-corrected chi connectivity index (χ4v) is 0.447. The summed E-state index contributed by atoms with van der Waals surface area (Å²) in [6.07, 6.45) is 1.13. The monoisotopic (exact) mass is 135 g/mol. The molecule has 0 fully saturated rings. The molecule has 0 aromatic heterocycles. The maximum absolute atomic E-state index is 10.3. The van der Waals surface area contributed by atoms with Crippen molar-refractivity contribution in [1.82, 2.24) is 0 Å². The van der Waals surface area contributed by atoms with Crippen molar-refractivity contribution in [2.75, 3.05) is 13.0 Å². The Morgan fingerprint density at radius 2 is 2.38 bits per heavy atom. The molecule has 0 amide bonds. The van der Waals surface area contributed by atoms with Crippen molar-refractivity contribution in [2.24, 2.45) is 0 Å². The minimum atomic E-state index is -0.189. The van der Waals surface area contributed by atoms with Gasteiger partial charge >= 0.3 is 5.97 Å². The highest BCUT2D eigenvalue weighted by Crippen LogP contribution is 1.92. The summed E-state index contributed by atoms with van der Waals surface area (Å²) in [5, 5.41) is 0. The molecule has 0 aromatic rings. The van der Waals surface area contributed by atoms with Crippen LogP contribution >= 0.6 is 11.6 Å². The van der Waals surface area contributed by atoms with Gasteiger partial charge in [-0.3, -0.25) is 4.79 Å². The van der Waals surface area contributed by atoms with Crippen LogP contribution in [-0.4, -0.2) is 19.0 Å². The number of hydrogen-bond donors (Lipinski definition) is 0. The van der Waals surface area contributed by atoms with Crippen LogP contribution in [0.1, 0.15) is 12.8 Å². The first kappa shape index (κ1) is 7.76. The van der Waals surface area contributed by atoms with Gasteiger partial charge in [0.1, 0.15) is 0 Å². The summed E-state index contributed by atoms with van der Waals surface area (Å²) in [6.45, 7) is 0. The van der Waals surface area contributed by atoms with Crippen LogP contribution < -0.4 is 0 Å². The first-order valence-electron chi connectivity index (χ1n) is 2.44. The lowest BCUT2D eigenvalue weighted by Crippen LogP contribution is -1.99. The van der Waals surface area contributed by atoms with Crippen molar-refractivity contribution in [2.45, 2.75) is 12.8 Å². The molecular formula is C5H9ClO2. The number of ether oxygens (including phenoxy) is 1. The van der Waals surface area contributed by atoms with E-state index in [1.54, 1.807) is 0 Å². The van der Waals surface area contributed by atoms with Crippen LogP contribution in [0.2, 0.25) is 0 Å². The zero-order chi connectivity index (χ0) is 6.41. The summed E-state index contributed by atoms with van der Waals surface area (Å²) >= 11 is 5.29. The van der Waals surface area contributed by atoms with Crippen molar-refractivity contribution < 1.29 is 9.53 Å². The van der Waals surface area contributed by atoms with Gasteiger partial charge in [-0.15, -0.1) is 11.6 Å². The zero-order valence-electron chi connectivity index (χ0n) is 4.82. The van der Waals surface area contributed by atoms with Crippen LogP contribution in [0.4, 0.5) is 0 Å². The zero-order valence-corrected chi connectivity index (χ0v) is 5.57. The van der Waals surface area contributed by atoms with Crippen molar-refractivity contribution in [3.05, 3.63) is 0 Å². The van der Waals surface area contributed by atoms with E-state index in [4.69, 9.17) is 11.6 Å². The summed E-state index contributed by atoms with van der Waals surface area (Å²) in [5.74, 6) is 0.334. The normalized spacial score (nSPS) is 8.75. The molecule has 0 aliphatic rings. The molecule has 0 N–H and O–H groups in total. The molecule has 0 unspecified atom stereocenters. The lowest BCUT2D eigenvalue weighted by atomic mass is 10.0. The molecule has 0 saturated carbocycles. The van der Waals surface area contributed by atoms with Crippen LogP contribution in [0.3, 0.4) is 0 Å². The van der Waals surface area contributed by atoms with Crippen molar-refractivity contribution in [3.8, 4) is 0 Å². The molecule has 3 heteroatoms. The molecular weight excluding hydrogens is 127 g/mol. The predicted molar refractivity (Wildman–Crippen MR) is 32.0 cm³/mol. The summed E-state index contributed by atoms with van der Waals surface area (Å²) in [6, 6.07) is 0. The fraction of sp³-hybridized carbons (Fsp3) is 0.800. The molecule has 8 heavy (non-hydrogen) atoms. The number of alkyl halides is 1. The summed E-state index contributed by atoms with van der Waals surface area (Å²) in [4.78, 5) is 10.3. The van der Waals surface area contributed by atoms with E-state index in [0.717, 1.165) is 0 Å². The number of rotatable bonds is 3. The average Bonchev–Trinajstić information content (AvgIpc) is 1.83. The third-order valence-corrected chi connectivity index (χ3v) is 1.01. The second-order valence-electron chi connectivity index (χ2n) is 1.37. The van der Waals surface area contributed by atoms with Gasteiger partial charge in [0.15, 0.2) is 0 Å². The Balaban J connectivity index is 2.99. The molecule has 0 spiro atoms. The molecule has 0 bridgehead atoms. The molecule has 0 rings (SSSR count). The van der Waals surface area contributed by atoms with Gasteiger partial charge < -0.3 is 4.74 Å². The number of carbonyl (C=O) groups is 1. The van der Waals surface area contributed by atoms with Crippen LogP contribution in [-0.2, 0) is 9.53 Å². The predicted octanol–water partition coefficient (Wildman–Crippen LogP) is 1.18. The van der Waals surface area contributed by atoms with E-state index in [1.807, 2.05) is 0 Å². The van der Waals surface area contributed by atoms with Gasteiger partial charge in [-0.05, 0) is 6.42 Å². The fourth-order valence-electron chi connectivity index (χ4n) is 0.313. The van der Waals surface area contributed by atoms with E-state index in [0.29, 0.717) is 18.7 Å². The number of halogens is 1. The minimum Gasteiger partial charge on any atom is -0.469 e. The van der Waals surface area contributed by atoms with Crippen LogP contribution in [0.25, 0.3) is 0 Å². The Kier molecular flexibility index (Phi) is 4.76. The van der Waals surface area contributed by atoms with Gasteiger partial charge in [0.2, 0.25) is 0 Å². The number of esters is 1. The Labute approximate surface area is 53.8 Å². The molecule has 0 aliphatic carbocycles. The first-order chi connectivity index (χ1) is 3.81. The van der Waals surface area contributed by atoms with E-state index in [1.165, 1.54) is 7.11 Å². The molecule has 48 valence electrons. The molecule has 0 heterocycles. The van der Waals surface area contributed by atoms with Crippen LogP contribution in [0.15, 0.2) is 0 Å². The molecule has 0 saturated heterocycles. The lowest BCUT2D eigenvalue weighted by molar-refractivity contribution is -0.140. The second kappa shape index (κ2) is 4.91. The van der Waals surface area contributed by atoms with E-state index in [2.05, 4.69) is 4.74 Å². The Morgan fingerprint density at radius 1 is 1.75 bits per heavy atom. The Morgan fingerprint density at radius 3 is 2.75 bits per heavy atom.